The van der Waals surface area contributed by atoms with Crippen LogP contribution >= 0.6 is 43.5 Å². The summed E-state index contributed by atoms with van der Waals surface area (Å²) in [6.45, 7) is 0.0902. The Bertz CT molecular complexity index is 664. The van der Waals surface area contributed by atoms with Gasteiger partial charge in [-0.3, -0.25) is 4.79 Å². The number of amides is 1. The average Bonchev–Trinajstić information content (AvgIpc) is 2.42. The van der Waals surface area contributed by atoms with Gasteiger partial charge in [-0.05, 0) is 36.4 Å². The Morgan fingerprint density at radius 3 is 2.55 bits per heavy atom. The van der Waals surface area contributed by atoms with Crippen LogP contribution in [0.3, 0.4) is 0 Å². The molecule has 104 valence electrons. The highest BCUT2D eigenvalue weighted by atomic mass is 79.9. The Kier molecular flexibility index (Phi) is 5.18. The third kappa shape index (κ3) is 3.81. The van der Waals surface area contributed by atoms with Crippen LogP contribution in [0.5, 0.6) is 0 Å². The van der Waals surface area contributed by atoms with Gasteiger partial charge in [0.2, 0.25) is 0 Å². The Morgan fingerprint density at radius 1 is 1.15 bits per heavy atom. The van der Waals surface area contributed by atoms with Crippen molar-refractivity contribution in [3.8, 4) is 0 Å². The number of rotatable bonds is 3. The van der Waals surface area contributed by atoms with Crippen LogP contribution in [-0.2, 0) is 6.54 Å². The van der Waals surface area contributed by atoms with Gasteiger partial charge in [0.05, 0.1) is 10.6 Å². The van der Waals surface area contributed by atoms with Gasteiger partial charge in [0.15, 0.2) is 0 Å². The van der Waals surface area contributed by atoms with Gasteiger partial charge < -0.3 is 5.32 Å². The van der Waals surface area contributed by atoms with E-state index in [1.165, 1.54) is 6.07 Å². The molecule has 0 heterocycles. The van der Waals surface area contributed by atoms with Gasteiger partial charge in [-0.15, -0.1) is 0 Å². The molecule has 6 heteroatoms. The first-order valence-corrected chi connectivity index (χ1v) is 7.61. The van der Waals surface area contributed by atoms with E-state index in [0.29, 0.717) is 16.1 Å². The van der Waals surface area contributed by atoms with Gasteiger partial charge in [-0.25, -0.2) is 4.39 Å². The number of benzene rings is 2. The van der Waals surface area contributed by atoms with E-state index in [4.69, 9.17) is 11.6 Å². The van der Waals surface area contributed by atoms with Crippen LogP contribution in [-0.4, -0.2) is 5.91 Å². The summed E-state index contributed by atoms with van der Waals surface area (Å²) < 4.78 is 15.1. The standard InChI is InChI=1S/C14H9Br2ClFNO/c15-9-2-4-13(18)8(5-9)7-19-14(20)11-6-10(16)1-3-12(11)17/h1-6H,7H2,(H,19,20). The maximum atomic E-state index is 13.6. The molecule has 2 aromatic rings. The minimum absolute atomic E-state index is 0.0902. The molecule has 0 spiro atoms. The lowest BCUT2D eigenvalue weighted by atomic mass is 10.2. The summed E-state index contributed by atoms with van der Waals surface area (Å²) in [4.78, 5) is 12.0. The molecule has 0 aliphatic carbocycles. The summed E-state index contributed by atoms with van der Waals surface area (Å²) in [6, 6.07) is 9.56. The minimum atomic E-state index is -0.367. The molecule has 0 bridgehead atoms. The molecule has 1 N–H and O–H groups in total. The molecule has 2 nitrogen and oxygen atoms in total. The molecule has 0 unspecified atom stereocenters. The van der Waals surface area contributed by atoms with E-state index >= 15 is 0 Å². The largest absolute Gasteiger partial charge is 0.348 e. The molecular formula is C14H9Br2ClFNO. The molecule has 2 rings (SSSR count). The van der Waals surface area contributed by atoms with E-state index in [2.05, 4.69) is 37.2 Å². The molecule has 0 atom stereocenters. The number of carbonyl (C=O) groups excluding carboxylic acids is 1. The monoisotopic (exact) mass is 419 g/mol. The Hall–Kier alpha value is -0.910. The van der Waals surface area contributed by atoms with Gasteiger partial charge in [0.25, 0.3) is 5.91 Å². The van der Waals surface area contributed by atoms with Gasteiger partial charge in [0.1, 0.15) is 5.82 Å². The van der Waals surface area contributed by atoms with Gasteiger partial charge >= 0.3 is 0 Å². The van der Waals surface area contributed by atoms with Crippen LogP contribution in [0.4, 0.5) is 4.39 Å². The summed E-state index contributed by atoms with van der Waals surface area (Å²) in [6.07, 6.45) is 0. The molecule has 0 saturated heterocycles. The van der Waals surface area contributed by atoms with E-state index < -0.39 is 0 Å². The molecule has 2 aromatic carbocycles. The van der Waals surface area contributed by atoms with Crippen molar-refractivity contribution < 1.29 is 9.18 Å². The highest BCUT2D eigenvalue weighted by molar-refractivity contribution is 9.10. The fourth-order valence-electron chi connectivity index (χ4n) is 1.62. The molecule has 20 heavy (non-hydrogen) atoms. The zero-order valence-corrected chi connectivity index (χ0v) is 14.0. The molecule has 0 saturated carbocycles. The SMILES string of the molecule is O=C(NCc1cc(Br)ccc1F)c1cc(Br)ccc1Cl. The predicted octanol–water partition coefficient (Wildman–Crippen LogP) is 4.93. The van der Waals surface area contributed by atoms with Crippen LogP contribution in [0.15, 0.2) is 45.3 Å². The topological polar surface area (TPSA) is 29.1 Å². The number of halogens is 4. The van der Waals surface area contributed by atoms with Crippen molar-refractivity contribution in [2.45, 2.75) is 6.54 Å². The Balaban J connectivity index is 2.12. The van der Waals surface area contributed by atoms with Crippen LogP contribution in [0.1, 0.15) is 15.9 Å². The van der Waals surface area contributed by atoms with E-state index in [0.717, 1.165) is 8.95 Å². The van der Waals surface area contributed by atoms with Crippen molar-refractivity contribution in [3.05, 3.63) is 67.3 Å². The quantitative estimate of drug-likeness (QED) is 0.748. The van der Waals surface area contributed by atoms with Crippen LogP contribution < -0.4 is 5.32 Å². The highest BCUT2D eigenvalue weighted by Gasteiger charge is 2.11. The lowest BCUT2D eigenvalue weighted by molar-refractivity contribution is 0.0950. The third-order valence-corrected chi connectivity index (χ3v) is 3.94. The van der Waals surface area contributed by atoms with Gasteiger partial charge in [-0.1, -0.05) is 43.5 Å². The van der Waals surface area contributed by atoms with Crippen molar-refractivity contribution in [2.75, 3.05) is 0 Å². The first-order valence-electron chi connectivity index (χ1n) is 5.64. The fourth-order valence-corrected chi connectivity index (χ4v) is 2.59. The Labute approximate surface area is 137 Å². The summed E-state index contributed by atoms with van der Waals surface area (Å²) in [5, 5.41) is 2.99. The maximum absolute atomic E-state index is 13.6. The minimum Gasteiger partial charge on any atom is -0.348 e. The van der Waals surface area contributed by atoms with Crippen LogP contribution in [0.25, 0.3) is 0 Å². The highest BCUT2D eigenvalue weighted by Crippen LogP contribution is 2.21. The van der Waals surface area contributed by atoms with Crippen LogP contribution in [0.2, 0.25) is 5.02 Å². The van der Waals surface area contributed by atoms with Crippen LogP contribution in [0, 0.1) is 5.82 Å². The summed E-state index contributed by atoms with van der Waals surface area (Å²) in [5.41, 5.74) is 0.746. The average molecular weight is 421 g/mol. The first kappa shape index (κ1) is 15.5. The summed E-state index contributed by atoms with van der Waals surface area (Å²) >= 11 is 12.5. The van der Waals surface area contributed by atoms with E-state index in [1.54, 1.807) is 30.3 Å². The summed E-state index contributed by atoms with van der Waals surface area (Å²) in [5.74, 6) is -0.718. The Morgan fingerprint density at radius 2 is 1.80 bits per heavy atom. The normalized spacial score (nSPS) is 10.4. The second-order valence-corrected chi connectivity index (χ2v) is 6.28. The molecule has 0 fully saturated rings. The zero-order chi connectivity index (χ0) is 14.7. The molecule has 0 aliphatic rings. The summed E-state index contributed by atoms with van der Waals surface area (Å²) in [7, 11) is 0. The second kappa shape index (κ2) is 6.70. The number of hydrogen-bond acceptors (Lipinski definition) is 1. The number of carbonyl (C=O) groups is 1. The van der Waals surface area contributed by atoms with Crippen molar-refractivity contribution in [1.82, 2.24) is 5.32 Å². The smallest absolute Gasteiger partial charge is 0.253 e. The number of nitrogens with one attached hydrogen (secondary N) is 1. The third-order valence-electron chi connectivity index (χ3n) is 2.62. The zero-order valence-electron chi connectivity index (χ0n) is 10.1. The van der Waals surface area contributed by atoms with Gasteiger partial charge in [-0.2, -0.15) is 0 Å². The molecule has 0 aromatic heterocycles. The van der Waals surface area contributed by atoms with E-state index in [-0.39, 0.29) is 18.3 Å². The second-order valence-electron chi connectivity index (χ2n) is 4.04. The van der Waals surface area contributed by atoms with Crippen molar-refractivity contribution >= 4 is 49.4 Å². The van der Waals surface area contributed by atoms with Crippen molar-refractivity contribution in [1.29, 1.82) is 0 Å². The fraction of sp³-hybridized carbons (Fsp3) is 0.0714. The molecule has 0 aliphatic heterocycles. The lowest BCUT2D eigenvalue weighted by Crippen LogP contribution is -2.23. The molecule has 1 amide bonds. The van der Waals surface area contributed by atoms with Gasteiger partial charge in [0, 0.05) is 21.1 Å². The van der Waals surface area contributed by atoms with Crippen molar-refractivity contribution in [3.63, 3.8) is 0 Å². The lowest BCUT2D eigenvalue weighted by Gasteiger charge is -2.08. The van der Waals surface area contributed by atoms with E-state index in [9.17, 15) is 9.18 Å². The van der Waals surface area contributed by atoms with E-state index in [1.807, 2.05) is 0 Å². The molecule has 0 radical (unpaired) electrons. The maximum Gasteiger partial charge on any atom is 0.253 e. The molecular weight excluding hydrogens is 412 g/mol. The first-order chi connectivity index (χ1) is 9.47. The number of hydrogen-bond donors (Lipinski definition) is 1. The van der Waals surface area contributed by atoms with Crippen molar-refractivity contribution in [2.24, 2.45) is 0 Å². The predicted molar refractivity (Wildman–Crippen MR) is 84.4 cm³/mol.